The molecule has 3 aromatic carbocycles. The van der Waals surface area contributed by atoms with E-state index < -0.39 is 0 Å². The molecule has 0 saturated carbocycles. The molecule has 34 heavy (non-hydrogen) atoms. The first kappa shape index (κ1) is 23.9. The molecular weight excluding hydrogens is 453 g/mol. The number of hydrogen-bond donors (Lipinski definition) is 2. The SMILES string of the molecule is CC(Nc1ccccc1NC1CCN(C(=O)OCc2ccccc2)CC1)c1ccc(Cl)cc1F. The van der Waals surface area contributed by atoms with Crippen molar-refractivity contribution in [2.24, 2.45) is 0 Å². The lowest BCUT2D eigenvalue weighted by Gasteiger charge is -2.33. The van der Waals surface area contributed by atoms with Crippen LogP contribution in [0.3, 0.4) is 0 Å². The number of ether oxygens (including phenoxy) is 1. The van der Waals surface area contributed by atoms with Crippen LogP contribution in [0.1, 0.15) is 36.9 Å². The average Bonchev–Trinajstić information content (AvgIpc) is 2.85. The van der Waals surface area contributed by atoms with Crippen molar-refractivity contribution in [3.8, 4) is 0 Å². The van der Waals surface area contributed by atoms with E-state index in [1.54, 1.807) is 17.0 Å². The average molecular weight is 482 g/mol. The topological polar surface area (TPSA) is 53.6 Å². The van der Waals surface area contributed by atoms with Gasteiger partial charge in [0.2, 0.25) is 0 Å². The first-order chi connectivity index (χ1) is 16.5. The molecule has 2 N–H and O–H groups in total. The molecule has 0 bridgehead atoms. The van der Waals surface area contributed by atoms with Crippen molar-refractivity contribution in [1.82, 2.24) is 4.90 Å². The standard InChI is InChI=1S/C27H29ClFN3O2/c1-19(23-12-11-21(28)17-24(23)29)30-25-9-5-6-10-26(25)31-22-13-15-32(16-14-22)27(33)34-18-20-7-3-2-4-8-20/h2-12,17,19,22,30-31H,13-16,18H2,1H3. The molecule has 3 aromatic rings. The van der Waals surface area contributed by atoms with Gasteiger partial charge in [0, 0.05) is 29.7 Å². The predicted octanol–water partition coefficient (Wildman–Crippen LogP) is 6.87. The molecule has 5 nitrogen and oxygen atoms in total. The van der Waals surface area contributed by atoms with Crippen LogP contribution in [-0.2, 0) is 11.3 Å². The molecule has 1 heterocycles. The Kier molecular flexibility index (Phi) is 7.91. The van der Waals surface area contributed by atoms with Crippen LogP contribution >= 0.6 is 11.6 Å². The first-order valence-electron chi connectivity index (χ1n) is 11.5. The van der Waals surface area contributed by atoms with Gasteiger partial charge in [-0.3, -0.25) is 0 Å². The van der Waals surface area contributed by atoms with E-state index in [1.165, 1.54) is 6.07 Å². The van der Waals surface area contributed by atoms with Gasteiger partial charge in [0.05, 0.1) is 17.4 Å². The van der Waals surface area contributed by atoms with Gasteiger partial charge in [-0.1, -0.05) is 60.1 Å². The van der Waals surface area contributed by atoms with Crippen molar-refractivity contribution in [3.05, 3.63) is 94.8 Å². The van der Waals surface area contributed by atoms with Gasteiger partial charge in [0.1, 0.15) is 12.4 Å². The number of anilines is 2. The Morgan fingerprint density at radius 1 is 1.06 bits per heavy atom. The summed E-state index contributed by atoms with van der Waals surface area (Å²) in [7, 11) is 0. The summed E-state index contributed by atoms with van der Waals surface area (Å²) in [6.07, 6.45) is 1.36. The number of nitrogens with one attached hydrogen (secondary N) is 2. The second-order valence-corrected chi connectivity index (χ2v) is 8.96. The van der Waals surface area contributed by atoms with Crippen molar-refractivity contribution in [3.63, 3.8) is 0 Å². The van der Waals surface area contributed by atoms with Crippen LogP contribution in [0.15, 0.2) is 72.8 Å². The number of nitrogens with zero attached hydrogens (tertiary/aromatic N) is 1. The maximum Gasteiger partial charge on any atom is 0.410 e. The van der Waals surface area contributed by atoms with E-state index >= 15 is 0 Å². The molecular formula is C27H29ClFN3O2. The fraction of sp³-hybridized carbons (Fsp3) is 0.296. The van der Waals surface area contributed by atoms with Crippen molar-refractivity contribution < 1.29 is 13.9 Å². The second kappa shape index (κ2) is 11.3. The molecule has 0 aliphatic carbocycles. The minimum atomic E-state index is -0.329. The van der Waals surface area contributed by atoms with Crippen molar-refractivity contribution in [1.29, 1.82) is 0 Å². The van der Waals surface area contributed by atoms with Crippen molar-refractivity contribution >= 4 is 29.1 Å². The van der Waals surface area contributed by atoms with Gasteiger partial charge in [0.25, 0.3) is 0 Å². The van der Waals surface area contributed by atoms with E-state index in [2.05, 4.69) is 10.6 Å². The van der Waals surface area contributed by atoms with E-state index in [1.807, 2.05) is 61.5 Å². The summed E-state index contributed by atoms with van der Waals surface area (Å²) in [5.74, 6) is -0.329. The number of piperidine rings is 1. The minimum absolute atomic E-state index is 0.226. The Labute approximate surface area is 204 Å². The Hall–Kier alpha value is -3.25. The molecule has 1 aliphatic heterocycles. The zero-order chi connectivity index (χ0) is 23.9. The van der Waals surface area contributed by atoms with E-state index in [0.29, 0.717) is 23.7 Å². The number of benzene rings is 3. The number of rotatable bonds is 7. The molecule has 178 valence electrons. The van der Waals surface area contributed by atoms with Gasteiger partial charge in [-0.25, -0.2) is 9.18 Å². The molecule has 1 saturated heterocycles. The van der Waals surface area contributed by atoms with Gasteiger partial charge < -0.3 is 20.3 Å². The molecule has 7 heteroatoms. The lowest BCUT2D eigenvalue weighted by Crippen LogP contribution is -2.42. The molecule has 1 atom stereocenters. The highest BCUT2D eigenvalue weighted by molar-refractivity contribution is 6.30. The van der Waals surface area contributed by atoms with Gasteiger partial charge in [-0.05, 0) is 49.6 Å². The number of carbonyl (C=O) groups excluding carboxylic acids is 1. The van der Waals surface area contributed by atoms with Crippen LogP contribution in [0.4, 0.5) is 20.6 Å². The Bertz CT molecular complexity index is 1100. The molecule has 1 unspecified atom stereocenters. The van der Waals surface area contributed by atoms with Crippen LogP contribution in [0.2, 0.25) is 5.02 Å². The van der Waals surface area contributed by atoms with E-state index in [9.17, 15) is 9.18 Å². The molecule has 0 radical (unpaired) electrons. The molecule has 1 aliphatic rings. The van der Waals surface area contributed by atoms with Crippen LogP contribution in [-0.4, -0.2) is 30.1 Å². The number of amides is 1. The second-order valence-electron chi connectivity index (χ2n) is 8.52. The maximum atomic E-state index is 14.3. The summed E-state index contributed by atoms with van der Waals surface area (Å²) in [4.78, 5) is 14.2. The van der Waals surface area contributed by atoms with Gasteiger partial charge in [0.15, 0.2) is 0 Å². The normalized spacial score (nSPS) is 15.0. The smallest absolute Gasteiger partial charge is 0.410 e. The third kappa shape index (κ3) is 6.20. The molecule has 0 aromatic heterocycles. The van der Waals surface area contributed by atoms with Crippen molar-refractivity contribution in [2.75, 3.05) is 23.7 Å². The quantitative estimate of drug-likeness (QED) is 0.387. The zero-order valence-corrected chi connectivity index (χ0v) is 19.9. The largest absolute Gasteiger partial charge is 0.445 e. The summed E-state index contributed by atoms with van der Waals surface area (Å²) >= 11 is 5.89. The van der Waals surface area contributed by atoms with Gasteiger partial charge >= 0.3 is 6.09 Å². The third-order valence-corrected chi connectivity index (χ3v) is 6.28. The van der Waals surface area contributed by atoms with E-state index in [0.717, 1.165) is 29.8 Å². The lowest BCUT2D eigenvalue weighted by molar-refractivity contribution is 0.0882. The molecule has 1 amide bonds. The van der Waals surface area contributed by atoms with Gasteiger partial charge in [-0.2, -0.15) is 0 Å². The highest BCUT2D eigenvalue weighted by atomic mass is 35.5. The Morgan fingerprint density at radius 3 is 2.44 bits per heavy atom. The van der Waals surface area contributed by atoms with Gasteiger partial charge in [-0.15, -0.1) is 0 Å². The number of likely N-dealkylation sites (tertiary alicyclic amines) is 1. The van der Waals surface area contributed by atoms with Crippen LogP contribution in [0, 0.1) is 5.82 Å². The minimum Gasteiger partial charge on any atom is -0.445 e. The summed E-state index contributed by atoms with van der Waals surface area (Å²) in [5.41, 5.74) is 3.38. The summed E-state index contributed by atoms with van der Waals surface area (Å²) in [6, 6.07) is 22.3. The maximum absolute atomic E-state index is 14.3. The lowest BCUT2D eigenvalue weighted by atomic mass is 10.0. The number of para-hydroxylation sites is 2. The van der Waals surface area contributed by atoms with E-state index in [-0.39, 0.29) is 30.6 Å². The van der Waals surface area contributed by atoms with Crippen LogP contribution in [0.25, 0.3) is 0 Å². The summed E-state index contributed by atoms with van der Waals surface area (Å²) in [6.45, 7) is 3.46. The summed E-state index contributed by atoms with van der Waals surface area (Å²) in [5, 5.41) is 7.38. The highest BCUT2D eigenvalue weighted by Crippen LogP contribution is 2.30. The third-order valence-electron chi connectivity index (χ3n) is 6.05. The fourth-order valence-corrected chi connectivity index (χ4v) is 4.29. The number of hydrogen-bond acceptors (Lipinski definition) is 4. The Morgan fingerprint density at radius 2 is 1.74 bits per heavy atom. The highest BCUT2D eigenvalue weighted by Gasteiger charge is 2.24. The molecule has 0 spiro atoms. The number of halogens is 2. The monoisotopic (exact) mass is 481 g/mol. The predicted molar refractivity (Wildman–Crippen MR) is 135 cm³/mol. The molecule has 4 rings (SSSR count). The summed E-state index contributed by atoms with van der Waals surface area (Å²) < 4.78 is 19.8. The Balaban J connectivity index is 1.30. The zero-order valence-electron chi connectivity index (χ0n) is 19.1. The fourth-order valence-electron chi connectivity index (χ4n) is 4.14. The van der Waals surface area contributed by atoms with Crippen LogP contribution in [0.5, 0.6) is 0 Å². The first-order valence-corrected chi connectivity index (χ1v) is 11.9. The van der Waals surface area contributed by atoms with E-state index in [4.69, 9.17) is 16.3 Å². The van der Waals surface area contributed by atoms with Crippen LogP contribution < -0.4 is 10.6 Å². The number of carbonyl (C=O) groups is 1. The van der Waals surface area contributed by atoms with Crippen molar-refractivity contribution in [2.45, 2.75) is 38.5 Å². The molecule has 1 fully saturated rings.